The smallest absolute Gasteiger partial charge is 0.229 e. The molecule has 0 bridgehead atoms. The lowest BCUT2D eigenvalue weighted by atomic mass is 9.82. The van der Waals surface area contributed by atoms with E-state index >= 15 is 0 Å². The molecule has 0 spiro atoms. The summed E-state index contributed by atoms with van der Waals surface area (Å²) in [5, 5.41) is 4.26. The third kappa shape index (κ3) is 2.99. The van der Waals surface area contributed by atoms with Gasteiger partial charge >= 0.3 is 0 Å². The normalized spacial score (nSPS) is 29.4. The van der Waals surface area contributed by atoms with Crippen LogP contribution in [0, 0.1) is 5.92 Å². The van der Waals surface area contributed by atoms with Gasteiger partial charge in [-0.3, -0.25) is 0 Å². The molecule has 2 aliphatic carbocycles. The Bertz CT molecular complexity index is 446. The molecule has 1 aromatic heterocycles. The predicted octanol–water partition coefficient (Wildman–Crippen LogP) is 3.11. The Kier molecular flexibility index (Phi) is 4.60. The van der Waals surface area contributed by atoms with Crippen molar-refractivity contribution in [2.24, 2.45) is 11.7 Å². The number of nitrogens with zero attached hydrogens (tertiary/aromatic N) is 2. The van der Waals surface area contributed by atoms with Crippen LogP contribution >= 0.6 is 0 Å². The Morgan fingerprint density at radius 2 is 1.90 bits per heavy atom. The Labute approximate surface area is 126 Å². The topological polar surface area (TPSA) is 74.2 Å². The molecule has 5 heteroatoms. The lowest BCUT2D eigenvalue weighted by Gasteiger charge is -2.32. The van der Waals surface area contributed by atoms with Crippen LogP contribution < -0.4 is 5.73 Å². The maximum Gasteiger partial charge on any atom is 0.229 e. The summed E-state index contributed by atoms with van der Waals surface area (Å²) in [6, 6.07) is 0. The fourth-order valence-corrected chi connectivity index (χ4v) is 3.87. The Morgan fingerprint density at radius 3 is 2.52 bits per heavy atom. The van der Waals surface area contributed by atoms with Gasteiger partial charge in [0.15, 0.2) is 0 Å². The molecule has 2 N–H and O–H groups in total. The van der Waals surface area contributed by atoms with E-state index in [2.05, 4.69) is 5.16 Å². The van der Waals surface area contributed by atoms with Crippen molar-refractivity contribution in [1.82, 2.24) is 10.1 Å². The summed E-state index contributed by atoms with van der Waals surface area (Å²) < 4.78 is 11.4. The van der Waals surface area contributed by atoms with Gasteiger partial charge in [-0.2, -0.15) is 4.98 Å². The summed E-state index contributed by atoms with van der Waals surface area (Å²) in [6.07, 6.45) is 10.2. The first kappa shape index (κ1) is 15.0. The van der Waals surface area contributed by atoms with E-state index < -0.39 is 0 Å². The number of aromatic nitrogens is 2. The summed E-state index contributed by atoms with van der Waals surface area (Å²) in [6.45, 7) is 0.800. The first-order chi connectivity index (χ1) is 10.3. The lowest BCUT2D eigenvalue weighted by molar-refractivity contribution is -0.0527. The molecule has 2 fully saturated rings. The maximum atomic E-state index is 5.80. The van der Waals surface area contributed by atoms with Gasteiger partial charge in [-0.15, -0.1) is 0 Å². The Hall–Kier alpha value is -0.940. The summed E-state index contributed by atoms with van der Waals surface area (Å²) in [7, 11) is 1.77. The highest BCUT2D eigenvalue weighted by Gasteiger charge is 2.39. The van der Waals surface area contributed by atoms with Crippen molar-refractivity contribution in [3.8, 4) is 0 Å². The quantitative estimate of drug-likeness (QED) is 0.923. The Morgan fingerprint density at radius 1 is 1.19 bits per heavy atom. The van der Waals surface area contributed by atoms with Crippen LogP contribution in [0.5, 0.6) is 0 Å². The molecule has 5 nitrogen and oxygen atoms in total. The molecular weight excluding hydrogens is 266 g/mol. The second-order valence-corrected chi connectivity index (χ2v) is 6.67. The standard InChI is InChI=1S/C16H27N3O2/c1-20-16(9-3-2-4-10-16)15-18-14(21-19-15)13-7-5-12(11-17)6-8-13/h12-13H,2-11,17H2,1H3. The summed E-state index contributed by atoms with van der Waals surface area (Å²) in [5.74, 6) is 2.65. The molecule has 2 saturated carbocycles. The number of nitrogens with two attached hydrogens (primary N) is 1. The monoisotopic (exact) mass is 293 g/mol. The van der Waals surface area contributed by atoms with E-state index in [0.717, 1.165) is 43.9 Å². The third-order valence-electron chi connectivity index (χ3n) is 5.43. The fourth-order valence-electron chi connectivity index (χ4n) is 3.87. The van der Waals surface area contributed by atoms with E-state index in [4.69, 9.17) is 20.0 Å². The second-order valence-electron chi connectivity index (χ2n) is 6.67. The molecule has 0 atom stereocenters. The minimum atomic E-state index is -0.311. The summed E-state index contributed by atoms with van der Waals surface area (Å²) in [5.41, 5.74) is 5.45. The first-order valence-electron chi connectivity index (χ1n) is 8.37. The number of ether oxygens (including phenoxy) is 1. The van der Waals surface area contributed by atoms with Crippen molar-refractivity contribution in [3.63, 3.8) is 0 Å². The van der Waals surface area contributed by atoms with Gasteiger partial charge in [0.05, 0.1) is 0 Å². The number of hydrogen-bond donors (Lipinski definition) is 1. The van der Waals surface area contributed by atoms with Gasteiger partial charge in [-0.05, 0) is 51.0 Å². The van der Waals surface area contributed by atoms with E-state index in [1.807, 2.05) is 0 Å². The molecule has 0 amide bonds. The summed E-state index contributed by atoms with van der Waals surface area (Å²) >= 11 is 0. The van der Waals surface area contributed by atoms with E-state index in [1.165, 1.54) is 32.1 Å². The molecule has 0 aliphatic heterocycles. The van der Waals surface area contributed by atoms with Crippen molar-refractivity contribution in [1.29, 1.82) is 0 Å². The SMILES string of the molecule is COC1(c2noc(C3CCC(CN)CC3)n2)CCCCC1. The molecular formula is C16H27N3O2. The fraction of sp³-hybridized carbons (Fsp3) is 0.875. The maximum absolute atomic E-state index is 5.80. The summed E-state index contributed by atoms with van der Waals surface area (Å²) in [4.78, 5) is 4.72. The highest BCUT2D eigenvalue weighted by atomic mass is 16.5. The van der Waals surface area contributed by atoms with E-state index in [9.17, 15) is 0 Å². The van der Waals surface area contributed by atoms with Gasteiger partial charge < -0.3 is 15.0 Å². The highest BCUT2D eigenvalue weighted by Crippen LogP contribution is 2.40. The minimum absolute atomic E-state index is 0.311. The van der Waals surface area contributed by atoms with Crippen LogP contribution in [-0.4, -0.2) is 23.8 Å². The zero-order valence-electron chi connectivity index (χ0n) is 13.0. The van der Waals surface area contributed by atoms with Crippen LogP contribution in [0.25, 0.3) is 0 Å². The zero-order valence-corrected chi connectivity index (χ0v) is 13.0. The molecule has 118 valence electrons. The molecule has 1 aromatic rings. The average molecular weight is 293 g/mol. The van der Waals surface area contributed by atoms with Gasteiger partial charge in [0.25, 0.3) is 0 Å². The van der Waals surface area contributed by atoms with E-state index in [-0.39, 0.29) is 5.60 Å². The Balaban J connectivity index is 1.71. The minimum Gasteiger partial charge on any atom is -0.370 e. The molecule has 0 unspecified atom stereocenters. The van der Waals surface area contributed by atoms with Crippen LogP contribution in [0.4, 0.5) is 0 Å². The van der Waals surface area contributed by atoms with Crippen molar-refractivity contribution < 1.29 is 9.26 Å². The average Bonchev–Trinajstić information content (AvgIpc) is 3.06. The van der Waals surface area contributed by atoms with Crippen LogP contribution in [0.3, 0.4) is 0 Å². The number of methoxy groups -OCH3 is 1. The molecule has 0 aromatic carbocycles. The van der Waals surface area contributed by atoms with Gasteiger partial charge in [-0.1, -0.05) is 24.4 Å². The van der Waals surface area contributed by atoms with Crippen molar-refractivity contribution >= 4 is 0 Å². The van der Waals surface area contributed by atoms with Gasteiger partial charge in [0, 0.05) is 13.0 Å². The van der Waals surface area contributed by atoms with E-state index in [1.54, 1.807) is 7.11 Å². The molecule has 0 saturated heterocycles. The largest absolute Gasteiger partial charge is 0.370 e. The van der Waals surface area contributed by atoms with Crippen LogP contribution in [0.1, 0.15) is 75.4 Å². The zero-order chi connectivity index (χ0) is 14.7. The predicted molar refractivity (Wildman–Crippen MR) is 79.8 cm³/mol. The molecule has 0 radical (unpaired) electrons. The highest BCUT2D eigenvalue weighted by molar-refractivity contribution is 5.05. The molecule has 1 heterocycles. The molecule has 21 heavy (non-hydrogen) atoms. The van der Waals surface area contributed by atoms with Gasteiger partial charge in [0.2, 0.25) is 11.7 Å². The second kappa shape index (κ2) is 6.44. The third-order valence-corrected chi connectivity index (χ3v) is 5.43. The van der Waals surface area contributed by atoms with Gasteiger partial charge in [0.1, 0.15) is 5.60 Å². The van der Waals surface area contributed by atoms with Crippen LogP contribution in [0.15, 0.2) is 4.52 Å². The molecule has 3 rings (SSSR count). The molecule has 2 aliphatic rings. The van der Waals surface area contributed by atoms with Crippen molar-refractivity contribution in [2.75, 3.05) is 13.7 Å². The number of hydrogen-bond acceptors (Lipinski definition) is 5. The van der Waals surface area contributed by atoms with Crippen molar-refractivity contribution in [3.05, 3.63) is 11.7 Å². The number of rotatable bonds is 4. The van der Waals surface area contributed by atoms with Crippen molar-refractivity contribution in [2.45, 2.75) is 69.3 Å². The van der Waals surface area contributed by atoms with Gasteiger partial charge in [-0.25, -0.2) is 0 Å². The lowest BCUT2D eigenvalue weighted by Crippen LogP contribution is -2.32. The first-order valence-corrected chi connectivity index (χ1v) is 8.37. The van der Waals surface area contributed by atoms with Crippen LogP contribution in [-0.2, 0) is 10.3 Å². The van der Waals surface area contributed by atoms with E-state index in [0.29, 0.717) is 11.8 Å². The van der Waals surface area contributed by atoms with Crippen LogP contribution in [0.2, 0.25) is 0 Å².